The molecule has 0 radical (unpaired) electrons. The van der Waals surface area contributed by atoms with Gasteiger partial charge >= 0.3 is 0 Å². The van der Waals surface area contributed by atoms with E-state index in [0.717, 1.165) is 19.2 Å². The lowest BCUT2D eigenvalue weighted by Crippen LogP contribution is -2.48. The Morgan fingerprint density at radius 1 is 1.22 bits per heavy atom. The summed E-state index contributed by atoms with van der Waals surface area (Å²) in [6.45, 7) is -0.909. The van der Waals surface area contributed by atoms with Gasteiger partial charge in [0.25, 0.3) is 0 Å². The van der Waals surface area contributed by atoms with Crippen LogP contribution >= 0.6 is 0 Å². The van der Waals surface area contributed by atoms with Gasteiger partial charge in [0.1, 0.15) is 24.4 Å². The fourth-order valence-corrected chi connectivity index (χ4v) is 1.97. The summed E-state index contributed by atoms with van der Waals surface area (Å²) in [4.78, 5) is 23.3. The smallest absolute Gasteiger partial charge is 0.198 e. The minimum absolute atomic E-state index is 0.215. The molecule has 4 atom stereocenters. The first-order valence-electron chi connectivity index (χ1n) is 6.52. The highest BCUT2D eigenvalue weighted by atomic mass is 16.5. The van der Waals surface area contributed by atoms with Crippen molar-refractivity contribution >= 4 is 12.1 Å². The third-order valence-electron chi connectivity index (χ3n) is 3.27. The van der Waals surface area contributed by atoms with E-state index in [0.29, 0.717) is 0 Å². The molecule has 0 saturated carbocycles. The van der Waals surface area contributed by atoms with Crippen LogP contribution in [0.15, 0.2) is 12.1 Å². The molecule has 0 bridgehead atoms. The van der Waals surface area contributed by atoms with Crippen LogP contribution in [-0.4, -0.2) is 80.8 Å². The first-order chi connectivity index (χ1) is 10.8. The number of aldehydes is 1. The Morgan fingerprint density at radius 3 is 2.30 bits per heavy atom. The molecule has 6 N–H and O–H groups in total. The second-order valence-electron chi connectivity index (χ2n) is 4.74. The standard InChI is InChI=1S/C14H18O9/c1-23-14-7(17)3-2-6(4-15)9(14)11(20)13(22)12(21)10(19)8(18)5-16/h2-4,8,10,12-13,16-19,21-22H,5H2,1H3. The van der Waals surface area contributed by atoms with E-state index in [1.54, 1.807) is 0 Å². The summed E-state index contributed by atoms with van der Waals surface area (Å²) in [5, 5.41) is 56.8. The quantitative estimate of drug-likeness (QED) is 0.230. The van der Waals surface area contributed by atoms with Crippen molar-refractivity contribution < 1.29 is 45.0 Å². The van der Waals surface area contributed by atoms with Crippen LogP contribution in [-0.2, 0) is 0 Å². The summed E-state index contributed by atoms with van der Waals surface area (Å²) in [5.41, 5.74) is -0.701. The highest BCUT2D eigenvalue weighted by molar-refractivity contribution is 6.08. The van der Waals surface area contributed by atoms with Crippen molar-refractivity contribution in [1.29, 1.82) is 0 Å². The topological polar surface area (TPSA) is 165 Å². The highest BCUT2D eigenvalue weighted by Crippen LogP contribution is 2.33. The van der Waals surface area contributed by atoms with E-state index in [9.17, 15) is 35.1 Å². The monoisotopic (exact) mass is 330 g/mol. The van der Waals surface area contributed by atoms with Gasteiger partial charge in [-0.1, -0.05) is 0 Å². The van der Waals surface area contributed by atoms with Gasteiger partial charge in [-0.25, -0.2) is 0 Å². The molecule has 0 aromatic heterocycles. The van der Waals surface area contributed by atoms with E-state index in [4.69, 9.17) is 9.84 Å². The Kier molecular flexibility index (Phi) is 6.61. The lowest BCUT2D eigenvalue weighted by Gasteiger charge is -2.25. The molecule has 23 heavy (non-hydrogen) atoms. The minimum atomic E-state index is -2.24. The second kappa shape index (κ2) is 7.99. The average molecular weight is 330 g/mol. The third kappa shape index (κ3) is 3.84. The molecule has 0 fully saturated rings. The van der Waals surface area contributed by atoms with Crippen LogP contribution in [0.5, 0.6) is 11.5 Å². The van der Waals surface area contributed by atoms with Gasteiger partial charge in [0.15, 0.2) is 23.6 Å². The maximum Gasteiger partial charge on any atom is 0.198 e. The van der Waals surface area contributed by atoms with Crippen molar-refractivity contribution in [3.63, 3.8) is 0 Å². The molecule has 0 aliphatic heterocycles. The maximum absolute atomic E-state index is 12.3. The number of benzene rings is 1. The van der Waals surface area contributed by atoms with Crippen molar-refractivity contribution in [2.75, 3.05) is 13.7 Å². The van der Waals surface area contributed by atoms with Gasteiger partial charge in [-0.05, 0) is 12.1 Å². The molecule has 128 valence electrons. The van der Waals surface area contributed by atoms with Crippen LogP contribution in [0.2, 0.25) is 0 Å². The highest BCUT2D eigenvalue weighted by Gasteiger charge is 2.36. The Hall–Kier alpha value is -2.04. The van der Waals surface area contributed by atoms with Crippen LogP contribution < -0.4 is 4.74 Å². The van der Waals surface area contributed by atoms with Crippen LogP contribution in [0.3, 0.4) is 0 Å². The number of aromatic hydroxyl groups is 1. The molecular weight excluding hydrogens is 312 g/mol. The summed E-state index contributed by atoms with van der Waals surface area (Å²) in [6.07, 6.45) is -7.89. The van der Waals surface area contributed by atoms with E-state index in [-0.39, 0.29) is 17.6 Å². The van der Waals surface area contributed by atoms with Crippen molar-refractivity contribution in [2.45, 2.75) is 24.4 Å². The number of hydrogen-bond acceptors (Lipinski definition) is 9. The number of carbonyl (C=O) groups excluding carboxylic acids is 2. The predicted octanol–water partition coefficient (Wildman–Crippen LogP) is -2.17. The maximum atomic E-state index is 12.3. The van der Waals surface area contributed by atoms with Crippen molar-refractivity contribution in [1.82, 2.24) is 0 Å². The molecule has 0 aliphatic carbocycles. The van der Waals surface area contributed by atoms with E-state index in [2.05, 4.69) is 0 Å². The lowest BCUT2D eigenvalue weighted by atomic mass is 9.93. The Labute approximate surface area is 131 Å². The first-order valence-corrected chi connectivity index (χ1v) is 6.52. The number of rotatable bonds is 8. The number of ether oxygens (including phenoxy) is 1. The molecule has 1 rings (SSSR count). The number of methoxy groups -OCH3 is 1. The lowest BCUT2D eigenvalue weighted by molar-refractivity contribution is -0.105. The SMILES string of the molecule is COc1c(O)ccc(C=O)c1C(=O)C(O)C(O)C(O)C(O)CO. The number of carbonyl (C=O) groups is 2. The van der Waals surface area contributed by atoms with Crippen molar-refractivity contribution in [3.8, 4) is 11.5 Å². The third-order valence-corrected chi connectivity index (χ3v) is 3.27. The number of hydrogen-bond donors (Lipinski definition) is 6. The van der Waals surface area contributed by atoms with E-state index in [1.807, 2.05) is 0 Å². The molecule has 9 heteroatoms. The van der Waals surface area contributed by atoms with E-state index >= 15 is 0 Å². The summed E-state index contributed by atoms with van der Waals surface area (Å²) < 4.78 is 4.82. The van der Waals surface area contributed by atoms with Gasteiger partial charge < -0.3 is 35.4 Å². The molecule has 1 aromatic rings. The first kappa shape index (κ1) is 19.0. The number of aliphatic hydroxyl groups is 5. The molecule has 0 spiro atoms. The van der Waals surface area contributed by atoms with Gasteiger partial charge in [0.2, 0.25) is 0 Å². The molecule has 0 aliphatic rings. The zero-order valence-electron chi connectivity index (χ0n) is 12.2. The molecular formula is C14H18O9. The van der Waals surface area contributed by atoms with Crippen LogP contribution in [0.1, 0.15) is 20.7 Å². The Morgan fingerprint density at radius 2 is 1.83 bits per heavy atom. The largest absolute Gasteiger partial charge is 0.504 e. The van der Waals surface area contributed by atoms with Gasteiger partial charge in [-0.2, -0.15) is 0 Å². The van der Waals surface area contributed by atoms with Crippen LogP contribution in [0, 0.1) is 0 Å². The van der Waals surface area contributed by atoms with Gasteiger partial charge in [0.05, 0.1) is 19.3 Å². The van der Waals surface area contributed by atoms with Crippen molar-refractivity contribution in [2.24, 2.45) is 0 Å². The summed E-state index contributed by atoms with van der Waals surface area (Å²) in [6, 6.07) is 2.21. The summed E-state index contributed by atoms with van der Waals surface area (Å²) in [7, 11) is 1.12. The minimum Gasteiger partial charge on any atom is -0.504 e. The zero-order valence-corrected chi connectivity index (χ0v) is 12.2. The number of ketones is 1. The fraction of sp³-hybridized carbons (Fsp3) is 0.429. The summed E-state index contributed by atoms with van der Waals surface area (Å²) in [5.74, 6) is -2.07. The fourth-order valence-electron chi connectivity index (χ4n) is 1.97. The molecule has 0 heterocycles. The Balaban J connectivity index is 3.23. The number of aliphatic hydroxyl groups excluding tert-OH is 5. The normalized spacial score (nSPS) is 16.3. The zero-order chi connectivity index (χ0) is 17.7. The van der Waals surface area contributed by atoms with E-state index < -0.39 is 48.1 Å². The second-order valence-corrected chi connectivity index (χ2v) is 4.74. The molecule has 9 nitrogen and oxygen atoms in total. The van der Waals surface area contributed by atoms with E-state index in [1.165, 1.54) is 0 Å². The number of phenols is 1. The molecule has 4 unspecified atom stereocenters. The van der Waals surface area contributed by atoms with Crippen molar-refractivity contribution in [3.05, 3.63) is 23.3 Å². The van der Waals surface area contributed by atoms with Crippen LogP contribution in [0.25, 0.3) is 0 Å². The molecule has 0 amide bonds. The van der Waals surface area contributed by atoms with Crippen LogP contribution in [0.4, 0.5) is 0 Å². The summed E-state index contributed by atoms with van der Waals surface area (Å²) >= 11 is 0. The van der Waals surface area contributed by atoms with Gasteiger partial charge in [-0.15, -0.1) is 0 Å². The average Bonchev–Trinajstić information content (AvgIpc) is 2.57. The van der Waals surface area contributed by atoms with Gasteiger partial charge in [-0.3, -0.25) is 9.59 Å². The number of Topliss-reactive ketones (excluding diaryl/α,β-unsaturated/α-hetero) is 1. The van der Waals surface area contributed by atoms with Gasteiger partial charge in [0, 0.05) is 5.56 Å². The molecule has 1 aromatic carbocycles. The predicted molar refractivity (Wildman–Crippen MR) is 75.5 cm³/mol. The number of phenolic OH excluding ortho intramolecular Hbond substituents is 1. The Bertz CT molecular complexity index is 572. The molecule has 0 saturated heterocycles.